The van der Waals surface area contributed by atoms with E-state index in [2.05, 4.69) is 5.10 Å². The highest BCUT2D eigenvalue weighted by molar-refractivity contribution is 5.78. The molecule has 2 heterocycles. The Morgan fingerprint density at radius 2 is 2.40 bits per heavy atom. The topological polar surface area (TPSA) is 80.6 Å². The maximum Gasteiger partial charge on any atom is 0.325 e. The van der Waals surface area contributed by atoms with Crippen molar-refractivity contribution in [2.24, 2.45) is 5.73 Å². The lowest BCUT2D eigenvalue weighted by Crippen LogP contribution is -2.20. The van der Waals surface area contributed by atoms with Gasteiger partial charge in [0, 0.05) is 11.8 Å². The van der Waals surface area contributed by atoms with Crippen molar-refractivity contribution >= 4 is 11.5 Å². The van der Waals surface area contributed by atoms with Crippen LogP contribution in [0.25, 0.3) is 5.52 Å². The molecule has 0 fully saturated rings. The summed E-state index contributed by atoms with van der Waals surface area (Å²) in [4.78, 5) is 10.8. The zero-order valence-electron chi connectivity index (χ0n) is 8.21. The molecule has 0 aliphatic carbocycles. The van der Waals surface area contributed by atoms with E-state index in [0.717, 1.165) is 11.1 Å². The highest BCUT2D eigenvalue weighted by atomic mass is 16.4. The fourth-order valence-corrected chi connectivity index (χ4v) is 1.48. The van der Waals surface area contributed by atoms with Crippen LogP contribution in [0.5, 0.6) is 0 Å². The van der Waals surface area contributed by atoms with Gasteiger partial charge in [0.25, 0.3) is 0 Å². The van der Waals surface area contributed by atoms with Crippen molar-refractivity contribution in [3.63, 3.8) is 0 Å². The Morgan fingerprint density at radius 1 is 1.67 bits per heavy atom. The van der Waals surface area contributed by atoms with Gasteiger partial charge in [0.1, 0.15) is 6.04 Å². The second kappa shape index (κ2) is 3.36. The van der Waals surface area contributed by atoms with E-state index in [4.69, 9.17) is 10.8 Å². The van der Waals surface area contributed by atoms with Crippen LogP contribution in [0, 0.1) is 6.92 Å². The van der Waals surface area contributed by atoms with Crippen molar-refractivity contribution in [2.75, 3.05) is 0 Å². The van der Waals surface area contributed by atoms with Gasteiger partial charge in [-0.15, -0.1) is 0 Å². The van der Waals surface area contributed by atoms with Crippen molar-refractivity contribution in [1.29, 1.82) is 0 Å². The Labute approximate surface area is 86.1 Å². The Hall–Kier alpha value is -1.88. The van der Waals surface area contributed by atoms with Crippen LogP contribution in [0.3, 0.4) is 0 Å². The lowest BCUT2D eigenvalue weighted by Gasteiger charge is -2.04. The Kier molecular flexibility index (Phi) is 2.17. The third kappa shape index (κ3) is 1.57. The smallest absolute Gasteiger partial charge is 0.325 e. The van der Waals surface area contributed by atoms with Crippen LogP contribution < -0.4 is 5.73 Å². The molecule has 0 amide bonds. The molecular formula is C10H11N3O2. The molecule has 0 saturated heterocycles. The maximum atomic E-state index is 10.8. The summed E-state index contributed by atoms with van der Waals surface area (Å²) in [7, 11) is 0. The van der Waals surface area contributed by atoms with Gasteiger partial charge in [-0.25, -0.2) is 4.52 Å². The van der Waals surface area contributed by atoms with Crippen LogP contribution in [-0.2, 0) is 4.79 Å². The van der Waals surface area contributed by atoms with Crippen molar-refractivity contribution in [2.45, 2.75) is 13.0 Å². The van der Waals surface area contributed by atoms with E-state index in [1.54, 1.807) is 10.7 Å². The first-order valence-electron chi connectivity index (χ1n) is 4.52. The number of aryl methyl sites for hydroxylation is 1. The summed E-state index contributed by atoms with van der Waals surface area (Å²) in [6, 6.07) is 2.74. The Bertz CT molecular complexity index is 518. The first-order chi connectivity index (χ1) is 7.09. The second-order valence-electron chi connectivity index (χ2n) is 3.45. The molecule has 0 radical (unpaired) electrons. The SMILES string of the molecule is Cc1ccn2ncc(C(N)C(=O)O)c2c1. The summed E-state index contributed by atoms with van der Waals surface area (Å²) in [5.41, 5.74) is 7.86. The van der Waals surface area contributed by atoms with Gasteiger partial charge in [-0.05, 0) is 24.6 Å². The van der Waals surface area contributed by atoms with Gasteiger partial charge in [-0.3, -0.25) is 4.79 Å². The van der Waals surface area contributed by atoms with Gasteiger partial charge >= 0.3 is 5.97 Å². The molecule has 1 unspecified atom stereocenters. The molecule has 0 bridgehead atoms. The molecule has 3 N–H and O–H groups in total. The van der Waals surface area contributed by atoms with Gasteiger partial charge in [0.05, 0.1) is 11.7 Å². The maximum absolute atomic E-state index is 10.8. The van der Waals surface area contributed by atoms with E-state index in [1.165, 1.54) is 6.20 Å². The second-order valence-corrected chi connectivity index (χ2v) is 3.45. The molecule has 5 nitrogen and oxygen atoms in total. The Balaban J connectivity index is 2.61. The molecular weight excluding hydrogens is 194 g/mol. The van der Waals surface area contributed by atoms with Crippen molar-refractivity contribution in [1.82, 2.24) is 9.61 Å². The summed E-state index contributed by atoms with van der Waals surface area (Å²) in [6.45, 7) is 1.93. The summed E-state index contributed by atoms with van der Waals surface area (Å²) >= 11 is 0. The fourth-order valence-electron chi connectivity index (χ4n) is 1.48. The molecule has 2 aromatic rings. The third-order valence-corrected chi connectivity index (χ3v) is 2.31. The van der Waals surface area contributed by atoms with Crippen LogP contribution in [0.2, 0.25) is 0 Å². The van der Waals surface area contributed by atoms with Crippen LogP contribution >= 0.6 is 0 Å². The number of nitrogens with zero attached hydrogens (tertiary/aromatic N) is 2. The molecule has 0 spiro atoms. The van der Waals surface area contributed by atoms with E-state index in [9.17, 15) is 4.79 Å². The monoisotopic (exact) mass is 205 g/mol. The minimum Gasteiger partial charge on any atom is -0.480 e. The average Bonchev–Trinajstić information content (AvgIpc) is 2.59. The van der Waals surface area contributed by atoms with Crippen molar-refractivity contribution < 1.29 is 9.90 Å². The number of pyridine rings is 1. The van der Waals surface area contributed by atoms with E-state index in [0.29, 0.717) is 5.56 Å². The molecule has 2 rings (SSSR count). The fraction of sp³-hybridized carbons (Fsp3) is 0.200. The number of carboxylic acid groups (broad SMARTS) is 1. The quantitative estimate of drug-likeness (QED) is 0.757. The van der Waals surface area contributed by atoms with E-state index in [-0.39, 0.29) is 0 Å². The third-order valence-electron chi connectivity index (χ3n) is 2.31. The molecule has 78 valence electrons. The molecule has 5 heteroatoms. The number of rotatable bonds is 2. The molecule has 1 atom stereocenters. The molecule has 2 aromatic heterocycles. The number of hydrogen-bond acceptors (Lipinski definition) is 3. The van der Waals surface area contributed by atoms with Gasteiger partial charge in [0.2, 0.25) is 0 Å². The highest BCUT2D eigenvalue weighted by Gasteiger charge is 2.18. The van der Waals surface area contributed by atoms with E-state index >= 15 is 0 Å². The number of fused-ring (bicyclic) bond motifs is 1. The number of aromatic nitrogens is 2. The molecule has 0 aliphatic heterocycles. The average molecular weight is 205 g/mol. The number of aliphatic carboxylic acids is 1. The lowest BCUT2D eigenvalue weighted by molar-refractivity contribution is -0.138. The van der Waals surface area contributed by atoms with Crippen LogP contribution in [0.15, 0.2) is 24.5 Å². The highest BCUT2D eigenvalue weighted by Crippen LogP contribution is 2.18. The van der Waals surface area contributed by atoms with Gasteiger partial charge in [0.15, 0.2) is 0 Å². The van der Waals surface area contributed by atoms with Crippen LogP contribution in [0.1, 0.15) is 17.2 Å². The minimum absolute atomic E-state index is 0.534. The van der Waals surface area contributed by atoms with Gasteiger partial charge < -0.3 is 10.8 Å². The number of hydrogen-bond donors (Lipinski definition) is 2. The van der Waals surface area contributed by atoms with Crippen molar-refractivity contribution in [3.8, 4) is 0 Å². The zero-order valence-corrected chi connectivity index (χ0v) is 8.21. The minimum atomic E-state index is -1.05. The standard InChI is InChI=1S/C10H11N3O2/c1-6-2-3-13-8(4-6)7(5-12-13)9(11)10(14)15/h2-5,9H,11H2,1H3,(H,14,15). The molecule has 15 heavy (non-hydrogen) atoms. The summed E-state index contributed by atoms with van der Waals surface area (Å²) < 4.78 is 1.62. The number of nitrogens with two attached hydrogens (primary N) is 1. The summed E-state index contributed by atoms with van der Waals surface area (Å²) in [5.74, 6) is -1.05. The van der Waals surface area contributed by atoms with Gasteiger partial charge in [-0.1, -0.05) is 0 Å². The number of carboxylic acids is 1. The summed E-state index contributed by atoms with van der Waals surface area (Å²) in [6.07, 6.45) is 3.27. The first-order valence-corrected chi connectivity index (χ1v) is 4.52. The normalized spacial score (nSPS) is 12.9. The number of carbonyl (C=O) groups is 1. The lowest BCUT2D eigenvalue weighted by atomic mass is 10.1. The van der Waals surface area contributed by atoms with Gasteiger partial charge in [-0.2, -0.15) is 5.10 Å². The molecule has 0 aliphatic rings. The van der Waals surface area contributed by atoms with Crippen molar-refractivity contribution in [3.05, 3.63) is 35.7 Å². The predicted octanol–water partition coefficient (Wildman–Crippen LogP) is 0.727. The molecule has 0 aromatic carbocycles. The van der Waals surface area contributed by atoms with E-state index < -0.39 is 12.0 Å². The predicted molar refractivity (Wildman–Crippen MR) is 54.5 cm³/mol. The van der Waals surface area contributed by atoms with Crippen LogP contribution in [0.4, 0.5) is 0 Å². The summed E-state index contributed by atoms with van der Waals surface area (Å²) in [5, 5.41) is 12.9. The first kappa shape index (κ1) is 9.67. The molecule has 0 saturated carbocycles. The zero-order chi connectivity index (χ0) is 11.0. The van der Waals surface area contributed by atoms with E-state index in [1.807, 2.05) is 19.1 Å². The van der Waals surface area contributed by atoms with Crippen LogP contribution in [-0.4, -0.2) is 20.7 Å². The Morgan fingerprint density at radius 3 is 3.07 bits per heavy atom. The largest absolute Gasteiger partial charge is 0.480 e.